The second kappa shape index (κ2) is 5.58. The molecular weight excluding hydrogens is 220 g/mol. The Kier molecular flexibility index (Phi) is 3.88. The van der Waals surface area contributed by atoms with Crippen LogP contribution in [-0.4, -0.2) is 6.54 Å². The van der Waals surface area contributed by atoms with Gasteiger partial charge in [-0.15, -0.1) is 0 Å². The van der Waals surface area contributed by atoms with Gasteiger partial charge in [-0.2, -0.15) is 0 Å². The van der Waals surface area contributed by atoms with E-state index >= 15 is 0 Å². The van der Waals surface area contributed by atoms with E-state index in [1.165, 1.54) is 11.1 Å². The molecule has 94 valence electrons. The van der Waals surface area contributed by atoms with Crippen molar-refractivity contribution in [3.63, 3.8) is 0 Å². The number of anilines is 2. The summed E-state index contributed by atoms with van der Waals surface area (Å²) in [7, 11) is 0. The van der Waals surface area contributed by atoms with Crippen LogP contribution in [0.15, 0.2) is 48.5 Å². The van der Waals surface area contributed by atoms with Gasteiger partial charge in [-0.1, -0.05) is 42.5 Å². The van der Waals surface area contributed by atoms with Gasteiger partial charge in [-0.25, -0.2) is 0 Å². The van der Waals surface area contributed by atoms with Gasteiger partial charge in [0.05, 0.1) is 11.4 Å². The first-order chi connectivity index (χ1) is 8.72. The molecule has 2 nitrogen and oxygen atoms in total. The van der Waals surface area contributed by atoms with Crippen LogP contribution >= 0.6 is 0 Å². The van der Waals surface area contributed by atoms with Crippen LogP contribution in [0.3, 0.4) is 0 Å². The Morgan fingerprint density at radius 1 is 1.00 bits per heavy atom. The molecule has 0 aliphatic carbocycles. The molecule has 18 heavy (non-hydrogen) atoms. The summed E-state index contributed by atoms with van der Waals surface area (Å²) in [6.45, 7) is 6.12. The topological polar surface area (TPSA) is 29.3 Å². The summed E-state index contributed by atoms with van der Waals surface area (Å²) in [6, 6.07) is 16.6. The smallest absolute Gasteiger partial charge is 0.0632 e. The molecule has 0 aliphatic heterocycles. The maximum atomic E-state index is 6.11. The first-order valence-electron chi connectivity index (χ1n) is 6.36. The molecule has 2 heteroatoms. The Balaban J connectivity index is 2.29. The van der Waals surface area contributed by atoms with Crippen molar-refractivity contribution in [3.05, 3.63) is 59.7 Å². The van der Waals surface area contributed by atoms with Crippen molar-refractivity contribution < 1.29 is 0 Å². The van der Waals surface area contributed by atoms with Crippen molar-refractivity contribution in [3.8, 4) is 0 Å². The molecule has 0 aromatic heterocycles. The third-order valence-electron chi connectivity index (χ3n) is 3.18. The van der Waals surface area contributed by atoms with E-state index in [-0.39, 0.29) is 0 Å². The van der Waals surface area contributed by atoms with Gasteiger partial charge < -0.3 is 10.6 Å². The fourth-order valence-electron chi connectivity index (χ4n) is 2.27. The summed E-state index contributed by atoms with van der Waals surface area (Å²) in [5, 5.41) is 0. The summed E-state index contributed by atoms with van der Waals surface area (Å²) in [5.41, 5.74) is 10.7. The Morgan fingerprint density at radius 3 is 2.33 bits per heavy atom. The van der Waals surface area contributed by atoms with E-state index in [0.29, 0.717) is 0 Å². The highest BCUT2D eigenvalue weighted by Gasteiger charge is 2.11. The fourth-order valence-corrected chi connectivity index (χ4v) is 2.27. The molecule has 0 atom stereocenters. The quantitative estimate of drug-likeness (QED) is 0.827. The van der Waals surface area contributed by atoms with Gasteiger partial charge in [0, 0.05) is 13.1 Å². The van der Waals surface area contributed by atoms with Crippen molar-refractivity contribution in [2.75, 3.05) is 17.2 Å². The lowest BCUT2D eigenvalue weighted by Gasteiger charge is -2.26. The normalized spacial score (nSPS) is 10.3. The van der Waals surface area contributed by atoms with E-state index in [4.69, 9.17) is 5.73 Å². The van der Waals surface area contributed by atoms with Crippen LogP contribution < -0.4 is 10.6 Å². The second-order valence-corrected chi connectivity index (χ2v) is 4.51. The van der Waals surface area contributed by atoms with Gasteiger partial charge in [-0.05, 0) is 31.0 Å². The van der Waals surface area contributed by atoms with Crippen molar-refractivity contribution in [1.29, 1.82) is 0 Å². The van der Waals surface area contributed by atoms with Crippen LogP contribution in [0.1, 0.15) is 18.1 Å². The molecule has 2 aromatic carbocycles. The highest BCUT2D eigenvalue weighted by atomic mass is 15.1. The van der Waals surface area contributed by atoms with E-state index in [0.717, 1.165) is 24.5 Å². The average molecular weight is 240 g/mol. The zero-order valence-corrected chi connectivity index (χ0v) is 11.1. The van der Waals surface area contributed by atoms with Crippen molar-refractivity contribution in [2.45, 2.75) is 20.4 Å². The van der Waals surface area contributed by atoms with E-state index in [2.05, 4.69) is 49.1 Å². The number of nitrogens with two attached hydrogens (primary N) is 1. The van der Waals surface area contributed by atoms with E-state index < -0.39 is 0 Å². The van der Waals surface area contributed by atoms with Crippen LogP contribution in [0.5, 0.6) is 0 Å². The molecule has 2 aromatic rings. The lowest BCUT2D eigenvalue weighted by molar-refractivity contribution is 0.829. The molecule has 0 radical (unpaired) electrons. The zero-order valence-electron chi connectivity index (χ0n) is 11.1. The van der Waals surface area contributed by atoms with E-state index in [1.807, 2.05) is 18.2 Å². The molecule has 0 saturated carbocycles. The number of hydrogen-bond acceptors (Lipinski definition) is 2. The van der Waals surface area contributed by atoms with Crippen molar-refractivity contribution >= 4 is 11.4 Å². The van der Waals surface area contributed by atoms with Crippen LogP contribution in [-0.2, 0) is 6.54 Å². The molecule has 0 amide bonds. The number of nitrogens with zero attached hydrogens (tertiary/aromatic N) is 1. The number of rotatable bonds is 4. The first kappa shape index (κ1) is 12.5. The zero-order chi connectivity index (χ0) is 13.0. The molecule has 0 aliphatic rings. The first-order valence-corrected chi connectivity index (χ1v) is 6.36. The predicted molar refractivity (Wildman–Crippen MR) is 78.8 cm³/mol. The summed E-state index contributed by atoms with van der Waals surface area (Å²) < 4.78 is 0. The van der Waals surface area contributed by atoms with Gasteiger partial charge >= 0.3 is 0 Å². The Morgan fingerprint density at radius 2 is 1.72 bits per heavy atom. The molecular formula is C16H20N2. The van der Waals surface area contributed by atoms with Crippen molar-refractivity contribution in [1.82, 2.24) is 0 Å². The Hall–Kier alpha value is -1.96. The molecule has 0 heterocycles. The number of para-hydroxylation sites is 1. The van der Waals surface area contributed by atoms with Crippen LogP contribution in [0, 0.1) is 6.92 Å². The number of aryl methyl sites for hydroxylation is 1. The third kappa shape index (κ3) is 2.65. The molecule has 0 unspecified atom stereocenters. The molecule has 0 fully saturated rings. The summed E-state index contributed by atoms with van der Waals surface area (Å²) in [6.07, 6.45) is 0. The maximum absolute atomic E-state index is 6.11. The SMILES string of the molecule is CCN(Cc1ccccc1)c1c(C)cccc1N. The molecule has 0 bridgehead atoms. The number of hydrogen-bond donors (Lipinski definition) is 1. The van der Waals surface area contributed by atoms with Crippen LogP contribution in [0.25, 0.3) is 0 Å². The largest absolute Gasteiger partial charge is 0.397 e. The minimum absolute atomic E-state index is 0.854. The van der Waals surface area contributed by atoms with Gasteiger partial charge in [0.25, 0.3) is 0 Å². The Labute approximate surface area is 109 Å². The van der Waals surface area contributed by atoms with Gasteiger partial charge in [0.15, 0.2) is 0 Å². The molecule has 0 saturated heterocycles. The lowest BCUT2D eigenvalue weighted by Crippen LogP contribution is -2.23. The average Bonchev–Trinajstić information content (AvgIpc) is 2.38. The highest BCUT2D eigenvalue weighted by molar-refractivity contribution is 5.71. The van der Waals surface area contributed by atoms with Gasteiger partial charge in [0.1, 0.15) is 0 Å². The predicted octanol–water partition coefficient (Wildman–Crippen LogP) is 3.60. The summed E-state index contributed by atoms with van der Waals surface area (Å²) >= 11 is 0. The highest BCUT2D eigenvalue weighted by Crippen LogP contribution is 2.28. The standard InChI is InChI=1S/C16H20N2/c1-3-18(12-14-9-5-4-6-10-14)16-13(2)8-7-11-15(16)17/h4-11H,3,12,17H2,1-2H3. The van der Waals surface area contributed by atoms with E-state index in [1.54, 1.807) is 0 Å². The van der Waals surface area contributed by atoms with E-state index in [9.17, 15) is 0 Å². The fraction of sp³-hybridized carbons (Fsp3) is 0.250. The van der Waals surface area contributed by atoms with Gasteiger partial charge in [-0.3, -0.25) is 0 Å². The van der Waals surface area contributed by atoms with Crippen LogP contribution in [0.2, 0.25) is 0 Å². The minimum Gasteiger partial charge on any atom is -0.397 e. The minimum atomic E-state index is 0.854. The number of nitrogen functional groups attached to an aromatic ring is 1. The Bertz CT molecular complexity index is 486. The molecule has 0 spiro atoms. The third-order valence-corrected chi connectivity index (χ3v) is 3.18. The lowest BCUT2D eigenvalue weighted by atomic mass is 10.1. The van der Waals surface area contributed by atoms with Crippen molar-refractivity contribution in [2.24, 2.45) is 0 Å². The monoisotopic (exact) mass is 240 g/mol. The maximum Gasteiger partial charge on any atom is 0.0632 e. The summed E-state index contributed by atoms with van der Waals surface area (Å²) in [4.78, 5) is 2.32. The summed E-state index contributed by atoms with van der Waals surface area (Å²) in [5.74, 6) is 0. The van der Waals surface area contributed by atoms with Crippen LogP contribution in [0.4, 0.5) is 11.4 Å². The second-order valence-electron chi connectivity index (χ2n) is 4.51. The molecule has 2 N–H and O–H groups in total. The number of benzene rings is 2. The van der Waals surface area contributed by atoms with Gasteiger partial charge in [0.2, 0.25) is 0 Å². The molecule has 2 rings (SSSR count).